The number of nitrogens with one attached hydrogen (secondary N) is 1. The fourth-order valence-electron chi connectivity index (χ4n) is 3.15. The number of nitrogens with zero attached hydrogens (tertiary/aromatic N) is 2. The van der Waals surface area contributed by atoms with E-state index < -0.39 is 0 Å². The van der Waals surface area contributed by atoms with Crippen LogP contribution in [0.5, 0.6) is 0 Å². The molecule has 1 N–H and O–H groups in total. The highest BCUT2D eigenvalue weighted by molar-refractivity contribution is 7.16. The van der Waals surface area contributed by atoms with E-state index in [0.29, 0.717) is 6.04 Å². The van der Waals surface area contributed by atoms with E-state index in [1.807, 2.05) is 11.6 Å². The molecule has 2 aromatic heterocycles. The van der Waals surface area contributed by atoms with Gasteiger partial charge in [0.1, 0.15) is 0 Å². The zero-order valence-corrected chi connectivity index (χ0v) is 13.2. The van der Waals surface area contributed by atoms with Gasteiger partial charge in [0.15, 0.2) is 0 Å². The van der Waals surface area contributed by atoms with E-state index in [1.165, 1.54) is 15.8 Å². The van der Waals surface area contributed by atoms with Crippen LogP contribution in [0.3, 0.4) is 0 Å². The lowest BCUT2D eigenvalue weighted by atomic mass is 10.0. The van der Waals surface area contributed by atoms with Gasteiger partial charge in [-0.1, -0.05) is 12.1 Å². The molecule has 1 aromatic carbocycles. The Hall–Kier alpha value is -1.98. The molecule has 4 nitrogen and oxygen atoms in total. The van der Waals surface area contributed by atoms with Gasteiger partial charge in [0.2, 0.25) is 5.56 Å². The van der Waals surface area contributed by atoms with Crippen molar-refractivity contribution in [3.8, 4) is 0 Å². The largest absolute Gasteiger partial charge is 0.326 e. The van der Waals surface area contributed by atoms with Crippen LogP contribution in [-0.4, -0.2) is 21.4 Å². The third-order valence-electron chi connectivity index (χ3n) is 4.50. The molecule has 0 saturated heterocycles. The first-order chi connectivity index (χ1) is 10.7. The molecular weight excluding hydrogens is 294 g/mol. The van der Waals surface area contributed by atoms with E-state index in [1.54, 1.807) is 17.4 Å². The van der Waals surface area contributed by atoms with E-state index in [2.05, 4.69) is 40.0 Å². The first kappa shape index (κ1) is 13.7. The summed E-state index contributed by atoms with van der Waals surface area (Å²) in [4.78, 5) is 21.2. The van der Waals surface area contributed by atoms with Gasteiger partial charge in [-0.05, 0) is 30.2 Å². The molecule has 112 valence electrons. The van der Waals surface area contributed by atoms with Crippen LogP contribution < -0.4 is 5.56 Å². The standard InChI is InChI=1S/C17H17N3OS/c1-11(12-2-4-16-15(8-12)18-10-22-16)20-7-6-14-13(9-20)3-5-17(21)19-14/h2-5,8,10-11H,6-7,9H2,1H3,(H,19,21). The van der Waals surface area contributed by atoms with E-state index in [4.69, 9.17) is 0 Å². The molecule has 0 saturated carbocycles. The van der Waals surface area contributed by atoms with Crippen molar-refractivity contribution in [2.24, 2.45) is 0 Å². The van der Waals surface area contributed by atoms with Gasteiger partial charge in [-0.15, -0.1) is 11.3 Å². The summed E-state index contributed by atoms with van der Waals surface area (Å²) in [5.41, 5.74) is 6.59. The Kier molecular flexibility index (Phi) is 3.32. The number of pyridine rings is 1. The Morgan fingerprint density at radius 2 is 2.23 bits per heavy atom. The van der Waals surface area contributed by atoms with Crippen LogP contribution in [0.25, 0.3) is 10.2 Å². The predicted octanol–water partition coefficient (Wildman–Crippen LogP) is 3.10. The molecule has 0 amide bonds. The van der Waals surface area contributed by atoms with Crippen molar-refractivity contribution in [3.63, 3.8) is 0 Å². The third kappa shape index (κ3) is 2.36. The molecule has 0 spiro atoms. The zero-order chi connectivity index (χ0) is 15.1. The minimum atomic E-state index is -0.00534. The van der Waals surface area contributed by atoms with E-state index >= 15 is 0 Å². The van der Waals surface area contributed by atoms with Crippen LogP contribution in [0.2, 0.25) is 0 Å². The average Bonchev–Trinajstić information content (AvgIpc) is 3.01. The van der Waals surface area contributed by atoms with Crippen LogP contribution in [0.4, 0.5) is 0 Å². The van der Waals surface area contributed by atoms with Gasteiger partial charge in [0.05, 0.1) is 15.7 Å². The SMILES string of the molecule is CC(c1ccc2scnc2c1)N1CCc2[nH]c(=O)ccc2C1. The summed E-state index contributed by atoms with van der Waals surface area (Å²) in [6.45, 7) is 4.08. The quantitative estimate of drug-likeness (QED) is 0.791. The van der Waals surface area contributed by atoms with Crippen molar-refractivity contribution in [2.75, 3.05) is 6.54 Å². The molecular formula is C17H17N3OS. The first-order valence-corrected chi connectivity index (χ1v) is 8.37. The average molecular weight is 311 g/mol. The maximum atomic E-state index is 11.4. The normalized spacial score (nSPS) is 16.6. The summed E-state index contributed by atoms with van der Waals surface area (Å²) in [5.74, 6) is 0. The summed E-state index contributed by atoms with van der Waals surface area (Å²) in [6.07, 6.45) is 0.898. The second-order valence-electron chi connectivity index (χ2n) is 5.80. The predicted molar refractivity (Wildman–Crippen MR) is 89.2 cm³/mol. The monoisotopic (exact) mass is 311 g/mol. The minimum absolute atomic E-state index is 0.00534. The fourth-order valence-corrected chi connectivity index (χ4v) is 3.81. The lowest BCUT2D eigenvalue weighted by Crippen LogP contribution is -2.34. The van der Waals surface area contributed by atoms with Crippen LogP contribution in [0.1, 0.15) is 29.8 Å². The molecule has 1 aliphatic rings. The van der Waals surface area contributed by atoms with Crippen molar-refractivity contribution in [1.82, 2.24) is 14.9 Å². The van der Waals surface area contributed by atoms with E-state index in [-0.39, 0.29) is 5.56 Å². The number of aromatic nitrogens is 2. The van der Waals surface area contributed by atoms with Crippen molar-refractivity contribution in [2.45, 2.75) is 25.9 Å². The molecule has 0 aliphatic carbocycles. The second kappa shape index (κ2) is 5.34. The van der Waals surface area contributed by atoms with Gasteiger partial charge in [-0.25, -0.2) is 4.98 Å². The maximum Gasteiger partial charge on any atom is 0.248 e. The van der Waals surface area contributed by atoms with Crippen LogP contribution >= 0.6 is 11.3 Å². The Balaban J connectivity index is 1.61. The molecule has 1 unspecified atom stereocenters. The molecule has 5 heteroatoms. The summed E-state index contributed by atoms with van der Waals surface area (Å²) < 4.78 is 1.23. The molecule has 22 heavy (non-hydrogen) atoms. The molecule has 3 heterocycles. The van der Waals surface area contributed by atoms with Crippen molar-refractivity contribution in [3.05, 3.63) is 63.0 Å². The highest BCUT2D eigenvalue weighted by Gasteiger charge is 2.22. The smallest absolute Gasteiger partial charge is 0.248 e. The van der Waals surface area contributed by atoms with Crippen molar-refractivity contribution >= 4 is 21.6 Å². The highest BCUT2D eigenvalue weighted by Crippen LogP contribution is 2.29. The molecule has 0 bridgehead atoms. The van der Waals surface area contributed by atoms with Crippen molar-refractivity contribution < 1.29 is 0 Å². The van der Waals surface area contributed by atoms with E-state index in [0.717, 1.165) is 30.7 Å². The first-order valence-electron chi connectivity index (χ1n) is 7.49. The molecule has 4 rings (SSSR count). The summed E-state index contributed by atoms with van der Waals surface area (Å²) in [6, 6.07) is 10.5. The number of H-pyrrole nitrogens is 1. The number of aromatic amines is 1. The van der Waals surface area contributed by atoms with Gasteiger partial charge in [0, 0.05) is 37.3 Å². The molecule has 3 aromatic rings. The molecule has 1 atom stereocenters. The number of hydrogen-bond acceptors (Lipinski definition) is 4. The van der Waals surface area contributed by atoms with Crippen molar-refractivity contribution in [1.29, 1.82) is 0 Å². The minimum Gasteiger partial charge on any atom is -0.326 e. The number of benzene rings is 1. The third-order valence-corrected chi connectivity index (χ3v) is 5.31. The zero-order valence-electron chi connectivity index (χ0n) is 12.4. The summed E-state index contributed by atoms with van der Waals surface area (Å²) in [7, 11) is 0. The Morgan fingerprint density at radius 3 is 3.14 bits per heavy atom. The van der Waals surface area contributed by atoms with Gasteiger partial charge in [0.25, 0.3) is 0 Å². The van der Waals surface area contributed by atoms with Crippen LogP contribution in [0.15, 0.2) is 40.6 Å². The van der Waals surface area contributed by atoms with Gasteiger partial charge >= 0.3 is 0 Å². The second-order valence-corrected chi connectivity index (χ2v) is 6.69. The van der Waals surface area contributed by atoms with Crippen LogP contribution in [0, 0.1) is 0 Å². The number of rotatable bonds is 2. The molecule has 0 fully saturated rings. The number of fused-ring (bicyclic) bond motifs is 2. The van der Waals surface area contributed by atoms with Gasteiger partial charge < -0.3 is 4.98 Å². The lowest BCUT2D eigenvalue weighted by Gasteiger charge is -2.33. The van der Waals surface area contributed by atoms with Crippen LogP contribution in [-0.2, 0) is 13.0 Å². The summed E-state index contributed by atoms with van der Waals surface area (Å²) >= 11 is 1.68. The van der Waals surface area contributed by atoms with Gasteiger partial charge in [-0.2, -0.15) is 0 Å². The topological polar surface area (TPSA) is 49.0 Å². The molecule has 0 radical (unpaired) electrons. The number of thiazole rings is 1. The van der Waals surface area contributed by atoms with Gasteiger partial charge in [-0.3, -0.25) is 9.69 Å². The lowest BCUT2D eigenvalue weighted by molar-refractivity contribution is 0.190. The highest BCUT2D eigenvalue weighted by atomic mass is 32.1. The maximum absolute atomic E-state index is 11.4. The van der Waals surface area contributed by atoms with E-state index in [9.17, 15) is 4.79 Å². The Morgan fingerprint density at radius 1 is 1.32 bits per heavy atom. The Bertz CT molecular complexity index is 883. The summed E-state index contributed by atoms with van der Waals surface area (Å²) in [5, 5.41) is 0. The Labute approximate surface area is 132 Å². The molecule has 1 aliphatic heterocycles. The fraction of sp³-hybridized carbons (Fsp3) is 0.294. The number of hydrogen-bond donors (Lipinski definition) is 1.